The van der Waals surface area contributed by atoms with Crippen molar-refractivity contribution in [3.8, 4) is 0 Å². The fraction of sp³-hybridized carbons (Fsp3) is 0.833. The molecule has 0 N–H and O–H groups in total. The minimum absolute atomic E-state index is 0.0608. The summed E-state index contributed by atoms with van der Waals surface area (Å²) in [5.41, 5.74) is -0.0608. The van der Waals surface area contributed by atoms with E-state index in [1.165, 1.54) is 0 Å². The number of β-lactam (4-membered cyclic amide) rings is 1. The van der Waals surface area contributed by atoms with Gasteiger partial charge in [-0.25, -0.2) is 0 Å². The first-order chi connectivity index (χ1) is 3.54. The lowest BCUT2D eigenvalue weighted by Crippen LogP contribution is -2.56. The Morgan fingerprint density at radius 3 is 2.12 bits per heavy atom. The standard InChI is InChI=1S/C6H11NO/c1-6(2)4-7(3)5(6)8/h4H2,1-3H3. The second kappa shape index (κ2) is 1.24. The molecule has 0 aromatic rings. The maximum Gasteiger partial charge on any atom is 0.229 e. The maximum absolute atomic E-state index is 10.8. The number of amides is 1. The van der Waals surface area contributed by atoms with Crippen LogP contribution < -0.4 is 0 Å². The predicted octanol–water partition coefficient (Wildman–Crippen LogP) is 0.485. The van der Waals surface area contributed by atoms with Gasteiger partial charge in [0.25, 0.3) is 0 Å². The van der Waals surface area contributed by atoms with E-state index in [0.717, 1.165) is 6.54 Å². The fourth-order valence-corrected chi connectivity index (χ4v) is 1.16. The molecule has 2 nitrogen and oxygen atoms in total. The van der Waals surface area contributed by atoms with Crippen LogP contribution in [-0.2, 0) is 4.79 Å². The lowest BCUT2D eigenvalue weighted by Gasteiger charge is -2.41. The van der Waals surface area contributed by atoms with Crippen LogP contribution >= 0.6 is 0 Å². The summed E-state index contributed by atoms with van der Waals surface area (Å²) in [6.45, 7) is 4.84. The van der Waals surface area contributed by atoms with Gasteiger partial charge in [0.05, 0.1) is 5.41 Å². The Labute approximate surface area is 49.5 Å². The molecule has 0 atom stereocenters. The van der Waals surface area contributed by atoms with Crippen LogP contribution in [-0.4, -0.2) is 24.4 Å². The highest BCUT2D eigenvalue weighted by atomic mass is 16.2. The summed E-state index contributed by atoms with van der Waals surface area (Å²) in [5, 5.41) is 0. The second-order valence-electron chi connectivity index (χ2n) is 3.05. The van der Waals surface area contributed by atoms with Gasteiger partial charge in [-0.2, -0.15) is 0 Å². The molecule has 0 aromatic carbocycles. The van der Waals surface area contributed by atoms with Gasteiger partial charge in [-0.15, -0.1) is 0 Å². The van der Waals surface area contributed by atoms with E-state index < -0.39 is 0 Å². The van der Waals surface area contributed by atoms with E-state index in [-0.39, 0.29) is 11.3 Å². The van der Waals surface area contributed by atoms with Crippen molar-refractivity contribution in [2.45, 2.75) is 13.8 Å². The van der Waals surface area contributed by atoms with Gasteiger partial charge in [-0.1, -0.05) is 0 Å². The normalized spacial score (nSPS) is 25.4. The quantitative estimate of drug-likeness (QED) is 0.418. The number of nitrogens with zero attached hydrogens (tertiary/aromatic N) is 1. The van der Waals surface area contributed by atoms with E-state index in [1.807, 2.05) is 20.9 Å². The van der Waals surface area contributed by atoms with E-state index in [1.54, 1.807) is 4.90 Å². The third-order valence-electron chi connectivity index (χ3n) is 1.56. The van der Waals surface area contributed by atoms with Crippen molar-refractivity contribution in [3.05, 3.63) is 0 Å². The Hall–Kier alpha value is -0.530. The zero-order chi connectivity index (χ0) is 6.36. The Kier molecular flexibility index (Phi) is 0.872. The Bertz CT molecular complexity index is 128. The number of carbonyl (C=O) groups excluding carboxylic acids is 1. The molecule has 1 rings (SSSR count). The molecule has 1 heterocycles. The number of carbonyl (C=O) groups is 1. The van der Waals surface area contributed by atoms with Crippen molar-refractivity contribution in [2.75, 3.05) is 13.6 Å². The summed E-state index contributed by atoms with van der Waals surface area (Å²) in [6.07, 6.45) is 0. The van der Waals surface area contributed by atoms with E-state index >= 15 is 0 Å². The molecular formula is C6H11NO. The molecule has 1 aliphatic heterocycles. The average molecular weight is 113 g/mol. The van der Waals surface area contributed by atoms with E-state index in [0.29, 0.717) is 0 Å². The summed E-state index contributed by atoms with van der Waals surface area (Å²) in [6, 6.07) is 0. The van der Waals surface area contributed by atoms with Gasteiger partial charge in [-0.05, 0) is 13.8 Å². The molecule has 0 spiro atoms. The summed E-state index contributed by atoms with van der Waals surface area (Å²) in [5.74, 6) is 0.262. The second-order valence-corrected chi connectivity index (χ2v) is 3.05. The monoisotopic (exact) mass is 113 g/mol. The highest BCUT2D eigenvalue weighted by Crippen LogP contribution is 2.28. The van der Waals surface area contributed by atoms with Crippen molar-refractivity contribution in [1.82, 2.24) is 4.90 Å². The molecule has 0 aromatic heterocycles. The van der Waals surface area contributed by atoms with Gasteiger partial charge in [-0.3, -0.25) is 4.79 Å². The van der Waals surface area contributed by atoms with Crippen LogP contribution in [0.1, 0.15) is 13.8 Å². The molecule has 1 aliphatic rings. The molecule has 1 amide bonds. The van der Waals surface area contributed by atoms with Crippen molar-refractivity contribution >= 4 is 5.91 Å². The molecule has 0 radical (unpaired) electrons. The minimum atomic E-state index is -0.0608. The van der Waals surface area contributed by atoms with E-state index in [4.69, 9.17) is 0 Å². The first kappa shape index (κ1) is 5.60. The van der Waals surface area contributed by atoms with Gasteiger partial charge >= 0.3 is 0 Å². The molecule has 2 heteroatoms. The van der Waals surface area contributed by atoms with Gasteiger partial charge in [0.15, 0.2) is 0 Å². The lowest BCUT2D eigenvalue weighted by molar-refractivity contribution is -0.153. The van der Waals surface area contributed by atoms with Crippen LogP contribution in [0.4, 0.5) is 0 Å². The largest absolute Gasteiger partial charge is 0.344 e. The molecule has 46 valence electrons. The molecule has 0 bridgehead atoms. The highest BCUT2D eigenvalue weighted by molar-refractivity contribution is 5.87. The average Bonchev–Trinajstić information content (AvgIpc) is 1.65. The summed E-state index contributed by atoms with van der Waals surface area (Å²) in [7, 11) is 1.83. The van der Waals surface area contributed by atoms with Crippen LogP contribution in [0.2, 0.25) is 0 Å². The van der Waals surface area contributed by atoms with Crippen LogP contribution in [0.25, 0.3) is 0 Å². The predicted molar refractivity (Wildman–Crippen MR) is 31.4 cm³/mol. The SMILES string of the molecule is CN1CC(C)(C)C1=O. The van der Waals surface area contributed by atoms with Crippen molar-refractivity contribution < 1.29 is 4.79 Å². The minimum Gasteiger partial charge on any atom is -0.344 e. The molecule has 1 fully saturated rings. The first-order valence-corrected chi connectivity index (χ1v) is 2.79. The number of rotatable bonds is 0. The summed E-state index contributed by atoms with van der Waals surface area (Å²) < 4.78 is 0. The van der Waals surface area contributed by atoms with Gasteiger partial charge in [0.1, 0.15) is 0 Å². The van der Waals surface area contributed by atoms with Crippen LogP contribution in [0, 0.1) is 5.41 Å². The van der Waals surface area contributed by atoms with Gasteiger partial charge < -0.3 is 4.90 Å². The van der Waals surface area contributed by atoms with E-state index in [2.05, 4.69) is 0 Å². The Balaban J connectivity index is 2.61. The molecular weight excluding hydrogens is 102 g/mol. The number of hydrogen-bond acceptors (Lipinski definition) is 1. The Morgan fingerprint density at radius 1 is 1.62 bits per heavy atom. The van der Waals surface area contributed by atoms with Crippen molar-refractivity contribution in [1.29, 1.82) is 0 Å². The molecule has 0 aliphatic carbocycles. The first-order valence-electron chi connectivity index (χ1n) is 2.79. The van der Waals surface area contributed by atoms with Crippen LogP contribution in [0.15, 0.2) is 0 Å². The van der Waals surface area contributed by atoms with Crippen molar-refractivity contribution in [2.24, 2.45) is 5.41 Å². The van der Waals surface area contributed by atoms with Crippen LogP contribution in [0.3, 0.4) is 0 Å². The molecule has 0 saturated carbocycles. The Morgan fingerprint density at radius 2 is 2.12 bits per heavy atom. The summed E-state index contributed by atoms with van der Waals surface area (Å²) >= 11 is 0. The molecule has 1 saturated heterocycles. The number of hydrogen-bond donors (Lipinski definition) is 0. The van der Waals surface area contributed by atoms with Crippen molar-refractivity contribution in [3.63, 3.8) is 0 Å². The zero-order valence-corrected chi connectivity index (χ0v) is 5.56. The smallest absolute Gasteiger partial charge is 0.229 e. The van der Waals surface area contributed by atoms with E-state index in [9.17, 15) is 4.79 Å². The number of likely N-dealkylation sites (tertiary alicyclic amines) is 1. The van der Waals surface area contributed by atoms with Gasteiger partial charge in [0, 0.05) is 13.6 Å². The topological polar surface area (TPSA) is 20.3 Å². The van der Waals surface area contributed by atoms with Gasteiger partial charge in [0.2, 0.25) is 5.91 Å². The third kappa shape index (κ3) is 0.522. The lowest BCUT2D eigenvalue weighted by atomic mass is 9.84. The molecule has 0 unspecified atom stereocenters. The molecule has 8 heavy (non-hydrogen) atoms. The fourth-order valence-electron chi connectivity index (χ4n) is 1.16. The third-order valence-corrected chi connectivity index (χ3v) is 1.56. The zero-order valence-electron chi connectivity index (χ0n) is 5.56. The van der Waals surface area contributed by atoms with Crippen LogP contribution in [0.5, 0.6) is 0 Å². The summed E-state index contributed by atoms with van der Waals surface area (Å²) in [4.78, 5) is 12.5. The highest BCUT2D eigenvalue weighted by Gasteiger charge is 2.41. The maximum atomic E-state index is 10.8.